The van der Waals surface area contributed by atoms with Gasteiger partial charge < -0.3 is 14.2 Å². The lowest BCUT2D eigenvalue weighted by molar-refractivity contribution is -0.147. The molecular formula is C39H39N5O5S. The van der Waals surface area contributed by atoms with Crippen LogP contribution in [0.25, 0.3) is 44.2 Å². The van der Waals surface area contributed by atoms with E-state index in [2.05, 4.69) is 4.90 Å². The average Bonchev–Trinajstić information content (AvgIpc) is 3.57. The minimum Gasteiger partial charge on any atom is -0.492 e. The first-order valence-corrected chi connectivity index (χ1v) is 18.0. The number of carbonyl (C=O) groups excluding carboxylic acids is 1. The Morgan fingerprint density at radius 1 is 0.860 bits per heavy atom. The van der Waals surface area contributed by atoms with Crippen LogP contribution in [0.1, 0.15) is 19.4 Å². The number of hydrogen-bond acceptors (Lipinski definition) is 7. The quantitative estimate of drug-likeness (QED) is 0.202. The van der Waals surface area contributed by atoms with Crippen LogP contribution in [0.3, 0.4) is 0 Å². The first-order chi connectivity index (χ1) is 23.8. The van der Waals surface area contributed by atoms with Gasteiger partial charge in [0, 0.05) is 68.0 Å². The number of likely N-dealkylation sites (N-methyl/N-ethyl adjacent to an activating group) is 1. The third-order valence-corrected chi connectivity index (χ3v) is 11.4. The fourth-order valence-corrected chi connectivity index (χ4v) is 8.02. The summed E-state index contributed by atoms with van der Waals surface area (Å²) in [6.45, 7) is 8.47. The number of amides is 1. The Bertz CT molecular complexity index is 2430. The van der Waals surface area contributed by atoms with Gasteiger partial charge in [-0.2, -0.15) is 0 Å². The number of nitrogens with zero attached hydrogens (tertiary/aromatic N) is 5. The van der Waals surface area contributed by atoms with Crippen LogP contribution in [0, 0.1) is 6.92 Å². The Morgan fingerprint density at radius 2 is 1.58 bits per heavy atom. The molecule has 4 heterocycles. The second-order valence-electron chi connectivity index (χ2n) is 13.4. The van der Waals surface area contributed by atoms with E-state index in [4.69, 9.17) is 9.72 Å². The van der Waals surface area contributed by atoms with Crippen LogP contribution >= 0.6 is 0 Å². The zero-order valence-electron chi connectivity index (χ0n) is 28.8. The molecule has 0 saturated carbocycles. The summed E-state index contributed by atoms with van der Waals surface area (Å²) in [5.41, 5.74) is 4.24. The molecule has 1 saturated heterocycles. The maximum atomic E-state index is 13.6. The predicted octanol–water partition coefficient (Wildman–Crippen LogP) is 5.70. The number of rotatable bonds is 8. The average molecular weight is 690 g/mol. The molecule has 3 aromatic heterocycles. The van der Waals surface area contributed by atoms with Crippen molar-refractivity contribution >= 4 is 37.7 Å². The Labute approximate surface area is 291 Å². The Morgan fingerprint density at radius 3 is 2.32 bits per heavy atom. The number of pyridine rings is 2. The van der Waals surface area contributed by atoms with Crippen molar-refractivity contribution in [3.8, 4) is 28.1 Å². The van der Waals surface area contributed by atoms with E-state index < -0.39 is 21.1 Å². The minimum absolute atomic E-state index is 0.102. The molecule has 0 unspecified atom stereocenters. The number of hydrogen-bond donors (Lipinski definition) is 0. The number of aryl methyl sites for hydroxylation is 2. The van der Waals surface area contributed by atoms with E-state index in [9.17, 15) is 18.0 Å². The molecule has 256 valence electrons. The van der Waals surface area contributed by atoms with Crippen molar-refractivity contribution < 1.29 is 17.9 Å². The molecule has 0 N–H and O–H groups in total. The molecule has 50 heavy (non-hydrogen) atoms. The van der Waals surface area contributed by atoms with E-state index in [1.807, 2.05) is 82.4 Å². The van der Waals surface area contributed by atoms with Gasteiger partial charge in [0.15, 0.2) is 0 Å². The van der Waals surface area contributed by atoms with Crippen LogP contribution < -0.4 is 10.3 Å². The number of piperazine rings is 1. The molecule has 0 spiro atoms. The molecule has 11 heteroatoms. The standard InChI is InChI=1S/C39H39N5O5S/c1-26-6-14-31(15-7-26)50(47,48)44-19-18-32-33(25-42(5)37(45)36(32)44)28-10-16-35-29(24-28)11-17-34(40-35)27-8-12-30(13-9-27)49-23-22-43-21-20-41(4)38(46)39(43,2)3/h6-19,24-25H,20-23H2,1-5H3. The lowest BCUT2D eigenvalue weighted by Gasteiger charge is -2.44. The van der Waals surface area contributed by atoms with Crippen LogP contribution in [-0.2, 0) is 21.9 Å². The van der Waals surface area contributed by atoms with Crippen LogP contribution in [0.4, 0.5) is 0 Å². The number of benzene rings is 3. The zero-order chi connectivity index (χ0) is 35.4. The molecule has 1 aliphatic rings. The van der Waals surface area contributed by atoms with E-state index in [-0.39, 0.29) is 16.3 Å². The van der Waals surface area contributed by atoms with Crippen molar-refractivity contribution in [2.45, 2.75) is 31.2 Å². The van der Waals surface area contributed by atoms with Crippen molar-refractivity contribution in [2.24, 2.45) is 7.05 Å². The maximum Gasteiger partial charge on any atom is 0.275 e. The van der Waals surface area contributed by atoms with Gasteiger partial charge in [0.2, 0.25) is 5.91 Å². The lowest BCUT2D eigenvalue weighted by atomic mass is 9.98. The second-order valence-corrected chi connectivity index (χ2v) is 15.2. The Kier molecular flexibility index (Phi) is 8.36. The summed E-state index contributed by atoms with van der Waals surface area (Å²) in [6, 6.07) is 26.0. The van der Waals surface area contributed by atoms with Gasteiger partial charge in [0.25, 0.3) is 15.6 Å². The fourth-order valence-electron chi connectivity index (χ4n) is 6.68. The van der Waals surface area contributed by atoms with E-state index in [0.717, 1.165) is 55.1 Å². The maximum absolute atomic E-state index is 13.6. The molecule has 6 aromatic rings. The van der Waals surface area contributed by atoms with Crippen molar-refractivity contribution in [1.82, 2.24) is 23.3 Å². The summed E-state index contributed by atoms with van der Waals surface area (Å²) in [7, 11) is -0.519. The molecule has 1 aliphatic heterocycles. The first kappa shape index (κ1) is 33.2. The van der Waals surface area contributed by atoms with E-state index in [0.29, 0.717) is 25.1 Å². The van der Waals surface area contributed by atoms with Gasteiger partial charge in [-0.15, -0.1) is 0 Å². The monoisotopic (exact) mass is 689 g/mol. The molecule has 0 atom stereocenters. The van der Waals surface area contributed by atoms with Crippen LogP contribution in [-0.4, -0.2) is 76.5 Å². The van der Waals surface area contributed by atoms with Crippen LogP contribution in [0.2, 0.25) is 0 Å². The van der Waals surface area contributed by atoms with Crippen molar-refractivity contribution in [3.63, 3.8) is 0 Å². The summed E-state index contributed by atoms with van der Waals surface area (Å²) in [5, 5.41) is 1.46. The van der Waals surface area contributed by atoms with Crippen molar-refractivity contribution in [3.05, 3.63) is 113 Å². The highest BCUT2D eigenvalue weighted by Crippen LogP contribution is 2.32. The highest BCUT2D eigenvalue weighted by atomic mass is 32.2. The molecular weight excluding hydrogens is 651 g/mol. The summed E-state index contributed by atoms with van der Waals surface area (Å²) in [4.78, 5) is 34.9. The van der Waals surface area contributed by atoms with Crippen LogP contribution in [0.5, 0.6) is 5.75 Å². The molecule has 0 aliphatic carbocycles. The highest BCUT2D eigenvalue weighted by Gasteiger charge is 2.40. The zero-order valence-corrected chi connectivity index (χ0v) is 29.6. The normalized spacial score (nSPS) is 15.2. The highest BCUT2D eigenvalue weighted by molar-refractivity contribution is 7.90. The van der Waals surface area contributed by atoms with Gasteiger partial charge in [-0.05, 0) is 87.0 Å². The lowest BCUT2D eigenvalue weighted by Crippen LogP contribution is -2.62. The van der Waals surface area contributed by atoms with Gasteiger partial charge in [-0.1, -0.05) is 29.8 Å². The molecule has 0 bridgehead atoms. The summed E-state index contributed by atoms with van der Waals surface area (Å²) < 4.78 is 35.7. The number of aromatic nitrogens is 3. The van der Waals surface area contributed by atoms with Gasteiger partial charge >= 0.3 is 0 Å². The summed E-state index contributed by atoms with van der Waals surface area (Å²) in [5.74, 6) is 0.875. The SMILES string of the molecule is Cc1ccc(S(=O)(=O)n2ccc3c(-c4ccc5nc(-c6ccc(OCCN7CCN(C)C(=O)C7(C)C)cc6)ccc5c4)cn(C)c(=O)c32)cc1. The van der Waals surface area contributed by atoms with Gasteiger partial charge in [0.05, 0.1) is 21.6 Å². The number of carbonyl (C=O) groups is 1. The molecule has 3 aromatic carbocycles. The van der Waals surface area contributed by atoms with E-state index in [1.165, 1.54) is 10.8 Å². The van der Waals surface area contributed by atoms with E-state index >= 15 is 0 Å². The van der Waals surface area contributed by atoms with Crippen LogP contribution in [0.15, 0.2) is 107 Å². The molecule has 1 fully saturated rings. The van der Waals surface area contributed by atoms with E-state index in [1.54, 1.807) is 48.5 Å². The smallest absolute Gasteiger partial charge is 0.275 e. The summed E-state index contributed by atoms with van der Waals surface area (Å²) >= 11 is 0. The van der Waals surface area contributed by atoms with Gasteiger partial charge in [-0.3, -0.25) is 14.5 Å². The number of fused-ring (bicyclic) bond motifs is 2. The first-order valence-electron chi connectivity index (χ1n) is 16.5. The van der Waals surface area contributed by atoms with Gasteiger partial charge in [0.1, 0.15) is 17.9 Å². The Balaban J connectivity index is 1.11. The number of ether oxygens (including phenoxy) is 1. The molecule has 0 radical (unpaired) electrons. The fraction of sp³-hybridized carbons (Fsp3) is 0.256. The third kappa shape index (κ3) is 5.86. The predicted molar refractivity (Wildman–Crippen MR) is 196 cm³/mol. The molecule has 7 rings (SSSR count). The minimum atomic E-state index is -3.99. The van der Waals surface area contributed by atoms with Crippen molar-refractivity contribution in [2.75, 3.05) is 33.3 Å². The van der Waals surface area contributed by atoms with Gasteiger partial charge in [-0.25, -0.2) is 17.4 Å². The second kappa shape index (κ2) is 12.6. The van der Waals surface area contributed by atoms with Crippen molar-refractivity contribution in [1.29, 1.82) is 0 Å². The topological polar surface area (TPSA) is 107 Å². The molecule has 1 amide bonds. The third-order valence-electron chi connectivity index (χ3n) is 9.71. The summed E-state index contributed by atoms with van der Waals surface area (Å²) in [6.07, 6.45) is 3.19. The Hall–Kier alpha value is -5.26. The molecule has 10 nitrogen and oxygen atoms in total. The largest absolute Gasteiger partial charge is 0.492 e.